The molecule has 0 amide bonds. The van der Waals surface area contributed by atoms with Crippen molar-refractivity contribution < 1.29 is 13.2 Å². The summed E-state index contributed by atoms with van der Waals surface area (Å²) in [7, 11) is 1.68. The van der Waals surface area contributed by atoms with Crippen LogP contribution in [-0.2, 0) is 10.0 Å². The van der Waals surface area contributed by atoms with E-state index in [-0.39, 0.29) is 17.7 Å². The second-order valence-electron chi connectivity index (χ2n) is 6.26. The lowest BCUT2D eigenvalue weighted by molar-refractivity contribution is 0.331. The van der Waals surface area contributed by atoms with Crippen molar-refractivity contribution in [1.29, 1.82) is 0 Å². The Morgan fingerprint density at radius 1 is 1.35 bits per heavy atom. The summed E-state index contributed by atoms with van der Waals surface area (Å²) in [4.78, 5) is 2.25. The number of rotatable bonds is 7. The number of likely N-dealkylation sites (tertiary alicyclic amines) is 1. The van der Waals surface area contributed by atoms with Crippen molar-refractivity contribution in [3.8, 4) is 5.75 Å². The van der Waals surface area contributed by atoms with Gasteiger partial charge in [0.25, 0.3) is 0 Å². The molecule has 0 bridgehead atoms. The zero-order chi connectivity index (χ0) is 17.0. The van der Waals surface area contributed by atoms with Crippen molar-refractivity contribution in [1.82, 2.24) is 9.21 Å². The molecule has 1 aromatic rings. The minimum absolute atomic E-state index is 0.0626. The molecule has 2 N–H and O–H groups in total. The summed E-state index contributed by atoms with van der Waals surface area (Å²) >= 11 is 0. The molecule has 0 saturated carbocycles. The number of sulfonamides is 1. The van der Waals surface area contributed by atoms with Crippen molar-refractivity contribution in [2.75, 3.05) is 46.6 Å². The molecule has 1 aliphatic rings. The van der Waals surface area contributed by atoms with Gasteiger partial charge in [0.1, 0.15) is 5.75 Å². The minimum atomic E-state index is -3.12. The Kier molecular flexibility index (Phi) is 6.02. The Labute approximate surface area is 139 Å². The van der Waals surface area contributed by atoms with Gasteiger partial charge in [-0.25, -0.2) is 12.7 Å². The Morgan fingerprint density at radius 2 is 2.09 bits per heavy atom. The van der Waals surface area contributed by atoms with Crippen LogP contribution in [0.5, 0.6) is 5.75 Å². The number of nitrogens with zero attached hydrogens (tertiary/aromatic N) is 2. The molecule has 0 unspecified atom stereocenters. The minimum Gasteiger partial charge on any atom is -0.497 e. The van der Waals surface area contributed by atoms with E-state index >= 15 is 0 Å². The van der Waals surface area contributed by atoms with Crippen LogP contribution in [0.25, 0.3) is 0 Å². The van der Waals surface area contributed by atoms with Gasteiger partial charge in [0, 0.05) is 39.1 Å². The number of methoxy groups -OCH3 is 1. The Balaban J connectivity index is 1.91. The van der Waals surface area contributed by atoms with Crippen LogP contribution in [0.15, 0.2) is 24.3 Å². The van der Waals surface area contributed by atoms with E-state index in [1.165, 1.54) is 9.87 Å². The summed E-state index contributed by atoms with van der Waals surface area (Å²) in [5.74, 6) is 1.27. The number of ether oxygens (including phenoxy) is 1. The standard InChI is InChI=1S/C16H27N3O3S/c1-18(2)23(20,21)9-5-8-19-11-15(16(17)12-19)13-6-4-7-14(10-13)22-3/h4,6-7,10,15-16H,5,8-9,11-12,17H2,1-3H3/t15-,16+/m1/s1. The van der Waals surface area contributed by atoms with E-state index < -0.39 is 10.0 Å². The second kappa shape index (κ2) is 7.61. The molecule has 7 heteroatoms. The first-order valence-corrected chi connectivity index (χ1v) is 9.46. The molecule has 1 heterocycles. The van der Waals surface area contributed by atoms with Crippen molar-refractivity contribution in [3.05, 3.63) is 29.8 Å². The summed E-state index contributed by atoms with van der Waals surface area (Å²) in [5.41, 5.74) is 7.47. The Morgan fingerprint density at radius 3 is 2.74 bits per heavy atom. The maximum atomic E-state index is 11.8. The molecule has 0 aromatic heterocycles. The van der Waals surface area contributed by atoms with Gasteiger partial charge in [0.15, 0.2) is 0 Å². The molecule has 0 aliphatic carbocycles. The Bertz CT molecular complexity index is 619. The van der Waals surface area contributed by atoms with Crippen LogP contribution in [-0.4, -0.2) is 70.3 Å². The highest BCUT2D eigenvalue weighted by atomic mass is 32.2. The van der Waals surface area contributed by atoms with Gasteiger partial charge in [0.2, 0.25) is 10.0 Å². The first kappa shape index (κ1) is 18.2. The van der Waals surface area contributed by atoms with Crippen LogP contribution in [0.1, 0.15) is 17.9 Å². The van der Waals surface area contributed by atoms with Crippen molar-refractivity contribution in [3.63, 3.8) is 0 Å². The molecule has 1 fully saturated rings. The first-order chi connectivity index (χ1) is 10.8. The zero-order valence-corrected chi connectivity index (χ0v) is 14.9. The van der Waals surface area contributed by atoms with Crippen LogP contribution < -0.4 is 10.5 Å². The average Bonchev–Trinajstić information content (AvgIpc) is 2.88. The third kappa shape index (κ3) is 4.67. The topological polar surface area (TPSA) is 75.9 Å². The van der Waals surface area contributed by atoms with E-state index in [1.54, 1.807) is 21.2 Å². The van der Waals surface area contributed by atoms with E-state index in [4.69, 9.17) is 10.5 Å². The molecule has 1 aliphatic heterocycles. The molecule has 0 radical (unpaired) electrons. The number of hydrogen-bond acceptors (Lipinski definition) is 5. The predicted molar refractivity (Wildman–Crippen MR) is 92.2 cm³/mol. The first-order valence-electron chi connectivity index (χ1n) is 7.85. The molecular weight excluding hydrogens is 314 g/mol. The normalized spacial score (nSPS) is 22.7. The number of hydrogen-bond donors (Lipinski definition) is 1. The van der Waals surface area contributed by atoms with Crippen molar-refractivity contribution in [2.24, 2.45) is 5.73 Å². The molecule has 1 saturated heterocycles. The monoisotopic (exact) mass is 341 g/mol. The van der Waals surface area contributed by atoms with Gasteiger partial charge in [0.05, 0.1) is 12.9 Å². The van der Waals surface area contributed by atoms with Gasteiger partial charge in [-0.2, -0.15) is 0 Å². The molecular formula is C16H27N3O3S. The molecule has 23 heavy (non-hydrogen) atoms. The highest BCUT2D eigenvalue weighted by molar-refractivity contribution is 7.89. The fourth-order valence-electron chi connectivity index (χ4n) is 2.97. The SMILES string of the molecule is COc1cccc([C@H]2CN(CCCS(=O)(=O)N(C)C)C[C@@H]2N)c1. The number of benzene rings is 1. The predicted octanol–water partition coefficient (Wildman–Crippen LogP) is 0.703. The van der Waals surface area contributed by atoms with Gasteiger partial charge in [-0.1, -0.05) is 12.1 Å². The quantitative estimate of drug-likeness (QED) is 0.790. The van der Waals surface area contributed by atoms with Gasteiger partial charge in [-0.05, 0) is 30.7 Å². The fourth-order valence-corrected chi connectivity index (χ4v) is 3.83. The summed E-state index contributed by atoms with van der Waals surface area (Å²) in [6.45, 7) is 2.40. The van der Waals surface area contributed by atoms with Gasteiger partial charge < -0.3 is 15.4 Å². The largest absolute Gasteiger partial charge is 0.497 e. The smallest absolute Gasteiger partial charge is 0.213 e. The highest BCUT2D eigenvalue weighted by Crippen LogP contribution is 2.28. The van der Waals surface area contributed by atoms with E-state index in [0.29, 0.717) is 6.42 Å². The second-order valence-corrected chi connectivity index (χ2v) is 8.56. The summed E-state index contributed by atoms with van der Waals surface area (Å²) in [5, 5.41) is 0. The third-order valence-corrected chi connectivity index (χ3v) is 6.31. The van der Waals surface area contributed by atoms with Crippen molar-refractivity contribution >= 4 is 10.0 Å². The third-order valence-electron chi connectivity index (χ3n) is 4.40. The van der Waals surface area contributed by atoms with Crippen LogP contribution in [0.4, 0.5) is 0 Å². The maximum absolute atomic E-state index is 11.8. The lowest BCUT2D eigenvalue weighted by Crippen LogP contribution is -2.31. The lowest BCUT2D eigenvalue weighted by atomic mass is 9.95. The highest BCUT2D eigenvalue weighted by Gasteiger charge is 2.31. The molecule has 6 nitrogen and oxygen atoms in total. The maximum Gasteiger partial charge on any atom is 0.213 e. The van der Waals surface area contributed by atoms with Crippen LogP contribution in [0, 0.1) is 0 Å². The van der Waals surface area contributed by atoms with Crippen LogP contribution in [0.3, 0.4) is 0 Å². The fraction of sp³-hybridized carbons (Fsp3) is 0.625. The lowest BCUT2D eigenvalue weighted by Gasteiger charge is -2.17. The summed E-state index contributed by atoms with van der Waals surface area (Å²) < 4.78 is 30.1. The zero-order valence-electron chi connectivity index (χ0n) is 14.1. The van der Waals surface area contributed by atoms with Gasteiger partial charge in [-0.15, -0.1) is 0 Å². The molecule has 0 spiro atoms. The Hall–Kier alpha value is -1.15. The summed E-state index contributed by atoms with van der Waals surface area (Å²) in [6, 6.07) is 8.08. The van der Waals surface area contributed by atoms with E-state index in [9.17, 15) is 8.42 Å². The molecule has 2 rings (SSSR count). The van der Waals surface area contributed by atoms with Crippen LogP contribution in [0.2, 0.25) is 0 Å². The van der Waals surface area contributed by atoms with Crippen LogP contribution >= 0.6 is 0 Å². The van der Waals surface area contributed by atoms with E-state index in [1.807, 2.05) is 18.2 Å². The van der Waals surface area contributed by atoms with Crippen molar-refractivity contribution in [2.45, 2.75) is 18.4 Å². The van der Waals surface area contributed by atoms with E-state index in [0.717, 1.165) is 25.4 Å². The molecule has 2 atom stereocenters. The molecule has 130 valence electrons. The summed E-state index contributed by atoms with van der Waals surface area (Å²) in [6.07, 6.45) is 0.623. The number of nitrogens with two attached hydrogens (primary N) is 1. The average molecular weight is 341 g/mol. The van der Waals surface area contributed by atoms with Gasteiger partial charge >= 0.3 is 0 Å². The van der Waals surface area contributed by atoms with Gasteiger partial charge in [-0.3, -0.25) is 0 Å². The van der Waals surface area contributed by atoms with E-state index in [2.05, 4.69) is 11.0 Å². The molecule has 1 aromatic carbocycles.